The number of hydrogen-bond acceptors (Lipinski definition) is 4. The van der Waals surface area contributed by atoms with E-state index in [-0.39, 0.29) is 11.4 Å². The summed E-state index contributed by atoms with van der Waals surface area (Å²) in [6.45, 7) is 7.97. The van der Waals surface area contributed by atoms with Gasteiger partial charge in [0, 0.05) is 26.7 Å². The quantitative estimate of drug-likeness (QED) is 0.399. The molecule has 0 bridgehead atoms. The molecule has 0 spiro atoms. The van der Waals surface area contributed by atoms with Crippen molar-refractivity contribution < 1.29 is 13.2 Å². The van der Waals surface area contributed by atoms with Gasteiger partial charge >= 0.3 is 0 Å². The van der Waals surface area contributed by atoms with E-state index in [1.54, 1.807) is 7.11 Å². The highest BCUT2D eigenvalue weighted by Gasteiger charge is 2.20. The van der Waals surface area contributed by atoms with E-state index in [9.17, 15) is 8.42 Å². The number of methoxy groups -OCH3 is 1. The third kappa shape index (κ3) is 8.53. The van der Waals surface area contributed by atoms with Crippen LogP contribution in [0.15, 0.2) is 4.99 Å². The molecule has 0 aliphatic heterocycles. The number of sulfonamides is 1. The van der Waals surface area contributed by atoms with Crippen LogP contribution in [0.4, 0.5) is 0 Å². The molecule has 0 atom stereocenters. The molecule has 1 saturated carbocycles. The molecule has 1 rings (SSSR count). The summed E-state index contributed by atoms with van der Waals surface area (Å²) in [5, 5.41) is 6.16. The van der Waals surface area contributed by atoms with Gasteiger partial charge in [-0.25, -0.2) is 13.1 Å². The molecule has 1 fully saturated rings. The molecule has 3 N–H and O–H groups in total. The van der Waals surface area contributed by atoms with Gasteiger partial charge in [0.15, 0.2) is 5.96 Å². The van der Waals surface area contributed by atoms with Gasteiger partial charge < -0.3 is 15.4 Å². The topological polar surface area (TPSA) is 91.8 Å². The van der Waals surface area contributed by atoms with E-state index in [1.807, 2.05) is 20.8 Å². The first kappa shape index (κ1) is 20.2. The second-order valence-corrected chi connectivity index (χ2v) is 8.48. The molecule has 0 aromatic rings. The van der Waals surface area contributed by atoms with Gasteiger partial charge in [-0.3, -0.25) is 4.99 Å². The van der Waals surface area contributed by atoms with Gasteiger partial charge in [0.2, 0.25) is 10.0 Å². The van der Waals surface area contributed by atoms with Crippen LogP contribution in [-0.4, -0.2) is 59.0 Å². The van der Waals surface area contributed by atoms with E-state index < -0.39 is 10.0 Å². The van der Waals surface area contributed by atoms with Crippen LogP contribution >= 0.6 is 0 Å². The molecule has 136 valence electrons. The van der Waals surface area contributed by atoms with Gasteiger partial charge in [-0.05, 0) is 39.5 Å². The monoisotopic (exact) mass is 348 g/mol. The highest BCUT2D eigenvalue weighted by Crippen LogP contribution is 2.25. The number of nitrogens with zero attached hydrogens (tertiary/aromatic N) is 1. The Morgan fingerprint density at radius 2 is 2.00 bits per heavy atom. The lowest BCUT2D eigenvalue weighted by Gasteiger charge is -2.25. The van der Waals surface area contributed by atoms with E-state index in [4.69, 9.17) is 4.74 Å². The summed E-state index contributed by atoms with van der Waals surface area (Å²) in [5.74, 6) is 1.16. The molecular weight excluding hydrogens is 316 g/mol. The van der Waals surface area contributed by atoms with Crippen molar-refractivity contribution in [2.75, 3.05) is 39.0 Å². The van der Waals surface area contributed by atoms with Crippen LogP contribution in [0.3, 0.4) is 0 Å². The zero-order valence-electron chi connectivity index (χ0n) is 14.8. The van der Waals surface area contributed by atoms with Crippen molar-refractivity contribution in [2.45, 2.75) is 45.6 Å². The minimum absolute atomic E-state index is 0.0395. The summed E-state index contributed by atoms with van der Waals surface area (Å²) < 4.78 is 31.9. The molecule has 0 aromatic carbocycles. The molecule has 0 heterocycles. The van der Waals surface area contributed by atoms with Crippen LogP contribution in [0.5, 0.6) is 0 Å². The maximum atomic E-state index is 11.9. The zero-order chi connectivity index (χ0) is 17.3. The van der Waals surface area contributed by atoms with E-state index in [0.717, 1.165) is 12.8 Å². The Labute approximate surface area is 140 Å². The van der Waals surface area contributed by atoms with E-state index in [0.29, 0.717) is 38.1 Å². The van der Waals surface area contributed by atoms with Crippen molar-refractivity contribution in [1.82, 2.24) is 15.4 Å². The highest BCUT2D eigenvalue weighted by atomic mass is 32.2. The average molecular weight is 349 g/mol. The van der Waals surface area contributed by atoms with Crippen LogP contribution in [0, 0.1) is 5.92 Å². The molecule has 0 saturated heterocycles. The van der Waals surface area contributed by atoms with Gasteiger partial charge in [-0.1, -0.05) is 6.42 Å². The van der Waals surface area contributed by atoms with Crippen molar-refractivity contribution in [3.63, 3.8) is 0 Å². The lowest BCUT2D eigenvalue weighted by atomic mass is 9.86. The summed E-state index contributed by atoms with van der Waals surface area (Å²) in [6.07, 6.45) is 3.48. The molecule has 0 aromatic heterocycles. The van der Waals surface area contributed by atoms with Gasteiger partial charge in [-0.2, -0.15) is 0 Å². The molecule has 7 nitrogen and oxygen atoms in total. The van der Waals surface area contributed by atoms with Crippen molar-refractivity contribution >= 4 is 16.0 Å². The van der Waals surface area contributed by atoms with Crippen LogP contribution in [-0.2, 0) is 14.8 Å². The third-order valence-electron chi connectivity index (χ3n) is 3.99. The Balaban J connectivity index is 2.37. The predicted molar refractivity (Wildman–Crippen MR) is 94.2 cm³/mol. The molecule has 0 radical (unpaired) electrons. The van der Waals surface area contributed by atoms with E-state index in [1.165, 1.54) is 6.42 Å². The van der Waals surface area contributed by atoms with Crippen molar-refractivity contribution in [2.24, 2.45) is 10.9 Å². The Morgan fingerprint density at radius 1 is 1.30 bits per heavy atom. The van der Waals surface area contributed by atoms with Crippen LogP contribution < -0.4 is 15.4 Å². The predicted octanol–water partition coefficient (Wildman–Crippen LogP) is 0.686. The lowest BCUT2D eigenvalue weighted by molar-refractivity contribution is 0.0310. The highest BCUT2D eigenvalue weighted by molar-refractivity contribution is 7.89. The first-order chi connectivity index (χ1) is 10.8. The normalized spacial score (nSPS) is 17.0. The minimum atomic E-state index is -3.23. The fourth-order valence-corrected chi connectivity index (χ4v) is 3.00. The van der Waals surface area contributed by atoms with Crippen LogP contribution in [0.25, 0.3) is 0 Å². The summed E-state index contributed by atoms with van der Waals surface area (Å²) in [5.41, 5.74) is -0.348. The Hall–Kier alpha value is -0.860. The summed E-state index contributed by atoms with van der Waals surface area (Å²) in [6, 6.07) is 0. The number of nitrogens with one attached hydrogen (secondary N) is 3. The van der Waals surface area contributed by atoms with Gasteiger partial charge in [0.05, 0.1) is 17.9 Å². The molecule has 1 aliphatic carbocycles. The molecule has 1 aliphatic rings. The smallest absolute Gasteiger partial charge is 0.213 e. The van der Waals surface area contributed by atoms with Crippen LogP contribution in [0.2, 0.25) is 0 Å². The Kier molecular flexibility index (Phi) is 8.28. The standard InChI is InChI=1S/C15H32N4O3S/c1-5-16-14(18-12-15(2,3)22-4)17-9-10-23(20,21)19-11-13-7-6-8-13/h13,19H,5-12H2,1-4H3,(H2,16,17,18). The zero-order valence-corrected chi connectivity index (χ0v) is 15.6. The largest absolute Gasteiger partial charge is 0.377 e. The van der Waals surface area contributed by atoms with E-state index >= 15 is 0 Å². The number of rotatable bonds is 10. The second kappa shape index (κ2) is 9.44. The van der Waals surface area contributed by atoms with Gasteiger partial charge in [0.25, 0.3) is 0 Å². The Morgan fingerprint density at radius 3 is 2.52 bits per heavy atom. The average Bonchev–Trinajstić information content (AvgIpc) is 2.43. The maximum absolute atomic E-state index is 11.9. The fraction of sp³-hybridized carbons (Fsp3) is 0.933. The van der Waals surface area contributed by atoms with Crippen molar-refractivity contribution in [3.8, 4) is 0 Å². The first-order valence-electron chi connectivity index (χ1n) is 8.32. The number of guanidine groups is 1. The van der Waals surface area contributed by atoms with Crippen LogP contribution in [0.1, 0.15) is 40.0 Å². The maximum Gasteiger partial charge on any atom is 0.213 e. The molecule has 0 amide bonds. The second-order valence-electron chi connectivity index (χ2n) is 6.55. The van der Waals surface area contributed by atoms with Crippen molar-refractivity contribution in [3.05, 3.63) is 0 Å². The number of ether oxygens (including phenoxy) is 1. The number of hydrogen-bond donors (Lipinski definition) is 3. The fourth-order valence-electron chi connectivity index (χ4n) is 1.99. The van der Waals surface area contributed by atoms with Gasteiger partial charge in [0.1, 0.15) is 0 Å². The molecule has 0 unspecified atom stereocenters. The first-order valence-corrected chi connectivity index (χ1v) is 9.98. The molecular formula is C15H32N4O3S. The third-order valence-corrected chi connectivity index (χ3v) is 5.34. The molecule has 23 heavy (non-hydrogen) atoms. The van der Waals surface area contributed by atoms with Crippen molar-refractivity contribution in [1.29, 1.82) is 0 Å². The van der Waals surface area contributed by atoms with Gasteiger partial charge in [-0.15, -0.1) is 0 Å². The molecule has 8 heteroatoms. The minimum Gasteiger partial charge on any atom is -0.377 e. The number of aliphatic imine (C=N–C) groups is 1. The summed E-state index contributed by atoms with van der Waals surface area (Å²) in [4.78, 5) is 4.43. The SMILES string of the molecule is CCNC(=NCC(C)(C)OC)NCCS(=O)(=O)NCC1CCC1. The summed E-state index contributed by atoms with van der Waals surface area (Å²) >= 11 is 0. The summed E-state index contributed by atoms with van der Waals surface area (Å²) in [7, 11) is -1.58. The lowest BCUT2D eigenvalue weighted by Crippen LogP contribution is -2.42. The van der Waals surface area contributed by atoms with E-state index in [2.05, 4.69) is 20.3 Å². The Bertz CT molecular complexity index is 473.